The van der Waals surface area contributed by atoms with Gasteiger partial charge >= 0.3 is 0 Å². The first-order valence-electron chi connectivity index (χ1n) is 6.78. The zero-order valence-corrected chi connectivity index (χ0v) is 13.3. The molecule has 0 spiro atoms. The lowest BCUT2D eigenvalue weighted by Gasteiger charge is -2.15. The number of rotatable bonds is 8. The van der Waals surface area contributed by atoms with Gasteiger partial charge in [0.25, 0.3) is 0 Å². The maximum Gasteiger partial charge on any atom is 0.240 e. The number of thiol groups is 1. The molecule has 0 aliphatic carbocycles. The van der Waals surface area contributed by atoms with Crippen LogP contribution in [0.3, 0.4) is 0 Å². The summed E-state index contributed by atoms with van der Waals surface area (Å²) in [6, 6.07) is 6.54. The molecule has 0 heterocycles. The fourth-order valence-electron chi connectivity index (χ4n) is 1.88. The van der Waals surface area contributed by atoms with Gasteiger partial charge in [0.1, 0.15) is 0 Å². The topological polar surface area (TPSA) is 46.2 Å². The van der Waals surface area contributed by atoms with Crippen LogP contribution in [0.5, 0.6) is 0 Å². The van der Waals surface area contributed by atoms with Crippen molar-refractivity contribution in [2.45, 2.75) is 49.3 Å². The van der Waals surface area contributed by atoms with Crippen LogP contribution in [0.1, 0.15) is 39.5 Å². The van der Waals surface area contributed by atoms with Crippen LogP contribution in [0.2, 0.25) is 0 Å². The first-order chi connectivity index (χ1) is 8.99. The average molecular weight is 301 g/mol. The van der Waals surface area contributed by atoms with E-state index in [1.807, 2.05) is 0 Å². The van der Waals surface area contributed by atoms with Crippen LogP contribution in [-0.4, -0.2) is 15.0 Å². The van der Waals surface area contributed by atoms with Crippen LogP contribution in [0.4, 0.5) is 0 Å². The first-order valence-corrected chi connectivity index (χ1v) is 8.71. The summed E-state index contributed by atoms with van der Waals surface area (Å²) in [5.41, 5.74) is 0. The molecule has 0 saturated heterocycles. The van der Waals surface area contributed by atoms with Crippen molar-refractivity contribution in [2.75, 3.05) is 6.54 Å². The molecule has 19 heavy (non-hydrogen) atoms. The van der Waals surface area contributed by atoms with Gasteiger partial charge in [-0.25, -0.2) is 13.1 Å². The largest absolute Gasteiger partial charge is 0.240 e. The molecule has 0 saturated carbocycles. The Morgan fingerprint density at radius 2 is 1.84 bits per heavy atom. The molecule has 1 aromatic carbocycles. The second-order valence-corrected chi connectivity index (χ2v) is 7.05. The van der Waals surface area contributed by atoms with Gasteiger partial charge in [0.15, 0.2) is 0 Å². The highest BCUT2D eigenvalue weighted by molar-refractivity contribution is 7.89. The number of benzene rings is 1. The summed E-state index contributed by atoms with van der Waals surface area (Å²) in [7, 11) is -3.39. The highest BCUT2D eigenvalue weighted by Gasteiger charge is 2.15. The summed E-state index contributed by atoms with van der Waals surface area (Å²) in [6.45, 7) is 4.77. The Balaban J connectivity index is 2.61. The van der Waals surface area contributed by atoms with Gasteiger partial charge in [-0.1, -0.05) is 33.1 Å². The lowest BCUT2D eigenvalue weighted by molar-refractivity contribution is 0.443. The third-order valence-corrected chi connectivity index (χ3v) is 4.99. The van der Waals surface area contributed by atoms with Crippen molar-refractivity contribution in [3.63, 3.8) is 0 Å². The Hall–Kier alpha value is -0.520. The number of nitrogens with one attached hydrogen (secondary N) is 1. The molecule has 1 atom stereocenters. The van der Waals surface area contributed by atoms with Gasteiger partial charge in [0.2, 0.25) is 10.0 Å². The van der Waals surface area contributed by atoms with Gasteiger partial charge in [0.05, 0.1) is 4.90 Å². The standard InChI is InChI=1S/C14H23NO2S2/c1-3-5-6-12(4-2)11-15-19(16,17)14-9-7-13(18)8-10-14/h7-10,12,15,18H,3-6,11H2,1-2H3. The van der Waals surface area contributed by atoms with Crippen LogP contribution in [0.15, 0.2) is 34.1 Å². The summed E-state index contributed by atoms with van der Waals surface area (Å²) >= 11 is 4.15. The fourth-order valence-corrected chi connectivity index (χ4v) is 3.14. The lowest BCUT2D eigenvalue weighted by atomic mass is 10.00. The monoisotopic (exact) mass is 301 g/mol. The maximum absolute atomic E-state index is 12.1. The second kappa shape index (κ2) is 7.92. The Bertz CT molecular complexity index is 469. The molecule has 1 aromatic rings. The molecule has 1 N–H and O–H groups in total. The average Bonchev–Trinajstić information content (AvgIpc) is 2.39. The van der Waals surface area contributed by atoms with E-state index in [-0.39, 0.29) is 0 Å². The summed E-state index contributed by atoms with van der Waals surface area (Å²) in [6.07, 6.45) is 4.37. The number of unbranched alkanes of at least 4 members (excludes halogenated alkanes) is 1. The molecule has 5 heteroatoms. The van der Waals surface area contributed by atoms with Gasteiger partial charge in [-0.15, -0.1) is 12.6 Å². The van der Waals surface area contributed by atoms with Crippen molar-refractivity contribution in [3.8, 4) is 0 Å². The van der Waals surface area contributed by atoms with E-state index in [4.69, 9.17) is 0 Å². The van der Waals surface area contributed by atoms with Crippen molar-refractivity contribution in [2.24, 2.45) is 5.92 Å². The molecular formula is C14H23NO2S2. The normalized spacial score (nSPS) is 13.4. The van der Waals surface area contributed by atoms with Crippen LogP contribution >= 0.6 is 12.6 Å². The Kier molecular flexibility index (Phi) is 6.89. The van der Waals surface area contributed by atoms with Gasteiger partial charge in [0, 0.05) is 11.4 Å². The molecule has 0 radical (unpaired) electrons. The predicted octanol–water partition coefficient (Wildman–Crippen LogP) is 3.47. The zero-order valence-electron chi connectivity index (χ0n) is 11.6. The summed E-state index contributed by atoms with van der Waals surface area (Å²) in [5.74, 6) is 0.416. The van der Waals surface area contributed by atoms with Crippen LogP contribution < -0.4 is 4.72 Å². The van der Waals surface area contributed by atoms with Crippen molar-refractivity contribution in [1.29, 1.82) is 0 Å². The second-order valence-electron chi connectivity index (χ2n) is 4.76. The van der Waals surface area contributed by atoms with Crippen molar-refractivity contribution < 1.29 is 8.42 Å². The molecule has 3 nitrogen and oxygen atoms in total. The Labute approximate surface area is 122 Å². The number of hydrogen-bond acceptors (Lipinski definition) is 3. The van der Waals surface area contributed by atoms with E-state index in [0.29, 0.717) is 17.4 Å². The third-order valence-electron chi connectivity index (χ3n) is 3.25. The highest BCUT2D eigenvalue weighted by Crippen LogP contribution is 2.15. The molecule has 1 unspecified atom stereocenters. The quantitative estimate of drug-likeness (QED) is 0.722. The van der Waals surface area contributed by atoms with E-state index in [1.54, 1.807) is 24.3 Å². The maximum atomic E-state index is 12.1. The SMILES string of the molecule is CCCCC(CC)CNS(=O)(=O)c1ccc(S)cc1. The van der Waals surface area contributed by atoms with Crippen molar-refractivity contribution in [1.82, 2.24) is 4.72 Å². The minimum atomic E-state index is -3.39. The van der Waals surface area contributed by atoms with Gasteiger partial charge < -0.3 is 0 Å². The molecular weight excluding hydrogens is 278 g/mol. The summed E-state index contributed by atoms with van der Waals surface area (Å²) < 4.78 is 26.9. The molecule has 0 aliphatic rings. The third kappa shape index (κ3) is 5.55. The lowest BCUT2D eigenvalue weighted by Crippen LogP contribution is -2.29. The van der Waals surface area contributed by atoms with E-state index in [9.17, 15) is 8.42 Å². The fraction of sp³-hybridized carbons (Fsp3) is 0.571. The number of sulfonamides is 1. The Morgan fingerprint density at radius 1 is 1.21 bits per heavy atom. The van der Waals surface area contributed by atoms with Crippen LogP contribution in [0, 0.1) is 5.92 Å². The highest BCUT2D eigenvalue weighted by atomic mass is 32.2. The van der Waals surface area contributed by atoms with Crippen LogP contribution in [0.25, 0.3) is 0 Å². The van der Waals surface area contributed by atoms with Crippen molar-refractivity contribution >= 4 is 22.7 Å². The van der Waals surface area contributed by atoms with E-state index >= 15 is 0 Å². The molecule has 0 amide bonds. The Morgan fingerprint density at radius 3 is 2.37 bits per heavy atom. The summed E-state index contributed by atoms with van der Waals surface area (Å²) in [4.78, 5) is 1.06. The minimum absolute atomic E-state index is 0.302. The van der Waals surface area contributed by atoms with Crippen LogP contribution in [-0.2, 0) is 10.0 Å². The van der Waals surface area contributed by atoms with Gasteiger partial charge in [-0.05, 0) is 36.6 Å². The van der Waals surface area contributed by atoms with Gasteiger partial charge in [-0.2, -0.15) is 0 Å². The molecule has 0 aliphatic heterocycles. The summed E-state index contributed by atoms with van der Waals surface area (Å²) in [5, 5.41) is 0. The first kappa shape index (κ1) is 16.5. The minimum Gasteiger partial charge on any atom is -0.211 e. The smallest absolute Gasteiger partial charge is 0.211 e. The van der Waals surface area contributed by atoms with Gasteiger partial charge in [-0.3, -0.25) is 0 Å². The van der Waals surface area contributed by atoms with E-state index in [1.165, 1.54) is 0 Å². The molecule has 0 aromatic heterocycles. The van der Waals surface area contributed by atoms with Crippen molar-refractivity contribution in [3.05, 3.63) is 24.3 Å². The molecule has 0 bridgehead atoms. The van der Waals surface area contributed by atoms with E-state index < -0.39 is 10.0 Å². The van der Waals surface area contributed by atoms with E-state index in [2.05, 4.69) is 31.2 Å². The molecule has 1 rings (SSSR count). The molecule has 108 valence electrons. The predicted molar refractivity (Wildman–Crippen MR) is 82.2 cm³/mol. The number of hydrogen-bond donors (Lipinski definition) is 2. The molecule has 0 fully saturated rings. The van der Waals surface area contributed by atoms with E-state index in [0.717, 1.165) is 30.6 Å². The zero-order chi connectivity index (χ0) is 14.3.